The maximum atomic E-state index is 10.3. The molecule has 0 aliphatic carbocycles. The van der Waals surface area contributed by atoms with Gasteiger partial charge < -0.3 is 20.3 Å². The zero-order valence-electron chi connectivity index (χ0n) is 15.6. The van der Waals surface area contributed by atoms with Crippen LogP contribution in [0.5, 0.6) is 0 Å². The number of aliphatic imine (C=N–C) groups is 1. The highest BCUT2D eigenvalue weighted by Crippen LogP contribution is 2.26. The van der Waals surface area contributed by atoms with Crippen LogP contribution >= 0.6 is 58.7 Å². The molecule has 1 unspecified atom stereocenters. The van der Waals surface area contributed by atoms with E-state index in [9.17, 15) is 5.11 Å². The van der Waals surface area contributed by atoms with Gasteiger partial charge in [0.1, 0.15) is 18.5 Å². The minimum absolute atomic E-state index is 0. The molecular formula is C16H26ClIN6OS2. The summed E-state index contributed by atoms with van der Waals surface area (Å²) in [5.74, 6) is 3.37. The van der Waals surface area contributed by atoms with Crippen molar-refractivity contribution in [2.45, 2.75) is 26.0 Å². The van der Waals surface area contributed by atoms with Gasteiger partial charge in [0.15, 0.2) is 11.8 Å². The second kappa shape index (κ2) is 12.8. The van der Waals surface area contributed by atoms with Gasteiger partial charge in [0.05, 0.1) is 4.34 Å². The molecule has 2 aromatic heterocycles. The maximum absolute atomic E-state index is 10.3. The van der Waals surface area contributed by atoms with E-state index in [-0.39, 0.29) is 24.0 Å². The van der Waals surface area contributed by atoms with Gasteiger partial charge in [0.2, 0.25) is 0 Å². The maximum Gasteiger partial charge on any atom is 0.191 e. The zero-order valence-corrected chi connectivity index (χ0v) is 20.3. The Morgan fingerprint density at radius 3 is 2.78 bits per heavy atom. The topological polar surface area (TPSA) is 87.4 Å². The molecule has 2 rings (SSSR count). The van der Waals surface area contributed by atoms with Crippen LogP contribution in [-0.4, -0.2) is 50.9 Å². The molecule has 152 valence electrons. The third kappa shape index (κ3) is 8.14. The van der Waals surface area contributed by atoms with E-state index in [1.165, 1.54) is 11.3 Å². The fourth-order valence-electron chi connectivity index (χ4n) is 2.14. The number of hydrogen-bond donors (Lipinski definition) is 3. The van der Waals surface area contributed by atoms with Crippen LogP contribution in [0, 0.1) is 6.92 Å². The number of rotatable bonds is 9. The lowest BCUT2D eigenvalue weighted by Crippen LogP contribution is -2.40. The minimum Gasteiger partial charge on any atom is -0.386 e. The fraction of sp³-hybridized carbons (Fsp3) is 0.562. The van der Waals surface area contributed by atoms with Gasteiger partial charge >= 0.3 is 0 Å². The highest BCUT2D eigenvalue weighted by molar-refractivity contribution is 14.0. The van der Waals surface area contributed by atoms with Crippen molar-refractivity contribution >= 4 is 64.6 Å². The molecule has 0 aliphatic heterocycles. The Labute approximate surface area is 190 Å². The number of hydrogen-bond acceptors (Lipinski definition) is 6. The second-order valence-electron chi connectivity index (χ2n) is 5.70. The summed E-state index contributed by atoms with van der Waals surface area (Å²) in [5.41, 5.74) is 0. The molecule has 27 heavy (non-hydrogen) atoms. The smallest absolute Gasteiger partial charge is 0.191 e. The molecule has 2 heterocycles. The third-order valence-corrected chi connectivity index (χ3v) is 5.79. The SMILES string of the molecule is CSCCCNC(=NCc1nnc(C)n1C)NCC(O)c1ccc(Cl)s1.I. The molecule has 0 radical (unpaired) electrons. The highest BCUT2D eigenvalue weighted by Gasteiger charge is 2.11. The molecule has 0 aliphatic rings. The summed E-state index contributed by atoms with van der Waals surface area (Å²) in [6.07, 6.45) is 2.49. The lowest BCUT2D eigenvalue weighted by atomic mass is 10.3. The first-order chi connectivity index (χ1) is 12.5. The van der Waals surface area contributed by atoms with Crippen molar-refractivity contribution in [2.24, 2.45) is 12.0 Å². The highest BCUT2D eigenvalue weighted by atomic mass is 127. The van der Waals surface area contributed by atoms with E-state index in [0.29, 0.717) is 23.4 Å². The van der Waals surface area contributed by atoms with Gasteiger partial charge in [-0.25, -0.2) is 4.99 Å². The van der Waals surface area contributed by atoms with Crippen LogP contribution in [0.25, 0.3) is 0 Å². The molecule has 0 saturated heterocycles. The van der Waals surface area contributed by atoms with Gasteiger partial charge in [-0.2, -0.15) is 11.8 Å². The Morgan fingerprint density at radius 2 is 2.19 bits per heavy atom. The number of nitrogens with one attached hydrogen (secondary N) is 2. The molecule has 0 aromatic carbocycles. The van der Waals surface area contributed by atoms with E-state index in [2.05, 4.69) is 32.1 Å². The minimum atomic E-state index is -0.636. The summed E-state index contributed by atoms with van der Waals surface area (Å²) in [5, 5.41) is 25.0. The monoisotopic (exact) mass is 544 g/mol. The molecule has 7 nitrogen and oxygen atoms in total. The number of aromatic nitrogens is 3. The molecule has 0 bridgehead atoms. The van der Waals surface area contributed by atoms with Crippen molar-refractivity contribution in [2.75, 3.05) is 25.1 Å². The Bertz CT molecular complexity index is 724. The Balaban J connectivity index is 0.00000364. The van der Waals surface area contributed by atoms with Gasteiger partial charge in [-0.3, -0.25) is 0 Å². The van der Waals surface area contributed by atoms with Crippen LogP contribution in [0.15, 0.2) is 17.1 Å². The fourth-order valence-corrected chi connectivity index (χ4v) is 3.62. The van der Waals surface area contributed by atoms with Crippen molar-refractivity contribution in [1.29, 1.82) is 0 Å². The van der Waals surface area contributed by atoms with Crippen LogP contribution in [0.4, 0.5) is 0 Å². The average Bonchev–Trinajstić information content (AvgIpc) is 3.20. The first-order valence-corrected chi connectivity index (χ1v) is 10.9. The Morgan fingerprint density at radius 1 is 1.41 bits per heavy atom. The van der Waals surface area contributed by atoms with Gasteiger partial charge in [-0.1, -0.05) is 11.6 Å². The summed E-state index contributed by atoms with van der Waals surface area (Å²) in [7, 11) is 1.92. The molecule has 3 N–H and O–H groups in total. The van der Waals surface area contributed by atoms with Crippen molar-refractivity contribution in [3.63, 3.8) is 0 Å². The Kier molecular flexibility index (Phi) is 11.6. The molecule has 0 amide bonds. The normalized spacial score (nSPS) is 12.6. The Hall–Kier alpha value is -0.560. The van der Waals surface area contributed by atoms with Gasteiger partial charge in [0.25, 0.3) is 0 Å². The van der Waals surface area contributed by atoms with Crippen LogP contribution in [0.2, 0.25) is 4.34 Å². The number of guanidine groups is 1. The molecule has 0 saturated carbocycles. The number of halogens is 2. The summed E-state index contributed by atoms with van der Waals surface area (Å²) in [6, 6.07) is 3.63. The first-order valence-electron chi connectivity index (χ1n) is 8.30. The van der Waals surface area contributed by atoms with Gasteiger partial charge in [-0.15, -0.1) is 45.5 Å². The van der Waals surface area contributed by atoms with E-state index in [1.807, 2.05) is 36.4 Å². The summed E-state index contributed by atoms with van der Waals surface area (Å²) in [6.45, 7) is 3.48. The van der Waals surface area contributed by atoms with E-state index in [0.717, 1.165) is 35.2 Å². The van der Waals surface area contributed by atoms with Crippen LogP contribution in [0.3, 0.4) is 0 Å². The lowest BCUT2D eigenvalue weighted by Gasteiger charge is -2.15. The number of nitrogens with zero attached hydrogens (tertiary/aromatic N) is 4. The number of aliphatic hydroxyl groups excluding tert-OH is 1. The van der Waals surface area contributed by atoms with Crippen molar-refractivity contribution in [1.82, 2.24) is 25.4 Å². The van der Waals surface area contributed by atoms with Crippen molar-refractivity contribution in [3.05, 3.63) is 33.0 Å². The van der Waals surface area contributed by atoms with Crippen LogP contribution in [0.1, 0.15) is 29.1 Å². The number of thioether (sulfide) groups is 1. The number of aliphatic hydroxyl groups is 1. The quantitative estimate of drug-likeness (QED) is 0.195. The molecule has 11 heteroatoms. The van der Waals surface area contributed by atoms with E-state index >= 15 is 0 Å². The zero-order chi connectivity index (χ0) is 18.9. The average molecular weight is 545 g/mol. The van der Waals surface area contributed by atoms with Crippen LogP contribution < -0.4 is 10.6 Å². The first kappa shape index (κ1) is 24.5. The third-order valence-electron chi connectivity index (χ3n) is 3.76. The second-order valence-corrected chi connectivity index (χ2v) is 8.43. The molecule has 2 aromatic rings. The number of aryl methyl sites for hydroxylation is 1. The summed E-state index contributed by atoms with van der Waals surface area (Å²) in [4.78, 5) is 5.39. The van der Waals surface area contributed by atoms with Crippen molar-refractivity contribution < 1.29 is 5.11 Å². The molecule has 1 atom stereocenters. The summed E-state index contributed by atoms with van der Waals surface area (Å²) < 4.78 is 2.58. The summed E-state index contributed by atoms with van der Waals surface area (Å²) >= 11 is 9.12. The molecular weight excluding hydrogens is 519 g/mol. The number of thiophene rings is 1. The van der Waals surface area contributed by atoms with E-state index < -0.39 is 6.10 Å². The van der Waals surface area contributed by atoms with E-state index in [1.54, 1.807) is 6.07 Å². The van der Waals surface area contributed by atoms with Gasteiger partial charge in [0, 0.05) is 25.0 Å². The van der Waals surface area contributed by atoms with Crippen LogP contribution in [-0.2, 0) is 13.6 Å². The standard InChI is InChI=1S/C16H25ClN6OS2.HI/c1-11-21-22-15(23(11)2)10-20-16(18-7-4-8-25-3)19-9-12(24)13-5-6-14(17)26-13;/h5-6,12,24H,4,7-10H2,1-3H3,(H2,18,19,20);1H. The lowest BCUT2D eigenvalue weighted by molar-refractivity contribution is 0.184. The predicted molar refractivity (Wildman–Crippen MR) is 126 cm³/mol. The predicted octanol–water partition coefficient (Wildman–Crippen LogP) is 2.98. The molecule has 0 fully saturated rings. The van der Waals surface area contributed by atoms with E-state index in [4.69, 9.17) is 11.6 Å². The molecule has 0 spiro atoms. The van der Waals surface area contributed by atoms with Gasteiger partial charge in [-0.05, 0) is 37.5 Å². The van der Waals surface area contributed by atoms with Crippen molar-refractivity contribution in [3.8, 4) is 0 Å². The largest absolute Gasteiger partial charge is 0.386 e.